The Morgan fingerprint density at radius 2 is 2.00 bits per heavy atom. The SMILES string of the molecule is Cc1ccc(COC(=O)NC(CN)C(=O)O)cc1. The van der Waals surface area contributed by atoms with E-state index in [4.69, 9.17) is 15.6 Å². The minimum Gasteiger partial charge on any atom is -0.480 e. The van der Waals surface area contributed by atoms with Gasteiger partial charge in [0, 0.05) is 6.54 Å². The second-order valence-corrected chi connectivity index (χ2v) is 3.83. The Labute approximate surface area is 105 Å². The largest absolute Gasteiger partial charge is 0.480 e. The molecule has 1 rings (SSSR count). The van der Waals surface area contributed by atoms with Gasteiger partial charge in [0.1, 0.15) is 12.6 Å². The molecule has 1 unspecified atom stereocenters. The maximum Gasteiger partial charge on any atom is 0.408 e. The van der Waals surface area contributed by atoms with Crippen molar-refractivity contribution in [1.82, 2.24) is 5.32 Å². The van der Waals surface area contributed by atoms with Crippen LogP contribution in [-0.2, 0) is 16.1 Å². The molecule has 0 aliphatic rings. The number of alkyl carbamates (subject to hydrolysis) is 1. The quantitative estimate of drug-likeness (QED) is 0.713. The molecule has 1 amide bonds. The maximum atomic E-state index is 11.3. The molecule has 6 heteroatoms. The Morgan fingerprint density at radius 3 is 2.50 bits per heavy atom. The van der Waals surface area contributed by atoms with Gasteiger partial charge < -0.3 is 20.9 Å². The molecule has 18 heavy (non-hydrogen) atoms. The zero-order chi connectivity index (χ0) is 13.5. The van der Waals surface area contributed by atoms with Gasteiger partial charge in [0.15, 0.2) is 0 Å². The zero-order valence-corrected chi connectivity index (χ0v) is 10.1. The van der Waals surface area contributed by atoms with Crippen LogP contribution in [0.3, 0.4) is 0 Å². The summed E-state index contributed by atoms with van der Waals surface area (Å²) in [5.74, 6) is -1.19. The average molecular weight is 252 g/mol. The second kappa shape index (κ2) is 6.61. The molecule has 98 valence electrons. The Bertz CT molecular complexity index is 417. The standard InChI is InChI=1S/C12H16N2O4/c1-8-2-4-9(5-3-8)7-18-12(17)14-10(6-13)11(15)16/h2-5,10H,6-7,13H2,1H3,(H,14,17)(H,15,16). The molecule has 0 fully saturated rings. The van der Waals surface area contributed by atoms with E-state index in [1.807, 2.05) is 31.2 Å². The first-order valence-electron chi connectivity index (χ1n) is 5.44. The highest BCUT2D eigenvalue weighted by atomic mass is 16.5. The van der Waals surface area contributed by atoms with E-state index in [1.54, 1.807) is 0 Å². The average Bonchev–Trinajstić information content (AvgIpc) is 2.35. The fourth-order valence-electron chi connectivity index (χ4n) is 1.24. The minimum absolute atomic E-state index is 0.0863. The van der Waals surface area contributed by atoms with Crippen molar-refractivity contribution in [3.05, 3.63) is 35.4 Å². The topological polar surface area (TPSA) is 102 Å². The van der Waals surface area contributed by atoms with E-state index in [-0.39, 0.29) is 13.2 Å². The number of aryl methyl sites for hydroxylation is 1. The molecular weight excluding hydrogens is 236 g/mol. The molecule has 1 aromatic carbocycles. The van der Waals surface area contributed by atoms with Crippen LogP contribution in [0.5, 0.6) is 0 Å². The van der Waals surface area contributed by atoms with E-state index in [0.717, 1.165) is 11.1 Å². The van der Waals surface area contributed by atoms with Gasteiger partial charge in [-0.3, -0.25) is 0 Å². The minimum atomic E-state index is -1.19. The van der Waals surface area contributed by atoms with Gasteiger partial charge >= 0.3 is 12.1 Å². The number of aliphatic carboxylic acids is 1. The van der Waals surface area contributed by atoms with E-state index in [0.29, 0.717) is 0 Å². The number of hydrogen-bond donors (Lipinski definition) is 3. The van der Waals surface area contributed by atoms with E-state index >= 15 is 0 Å². The van der Waals surface area contributed by atoms with Crippen molar-refractivity contribution in [2.75, 3.05) is 6.54 Å². The predicted molar refractivity (Wildman–Crippen MR) is 65.0 cm³/mol. The normalized spacial score (nSPS) is 11.7. The lowest BCUT2D eigenvalue weighted by atomic mass is 10.2. The van der Waals surface area contributed by atoms with Crippen molar-refractivity contribution < 1.29 is 19.4 Å². The molecule has 6 nitrogen and oxygen atoms in total. The molecule has 0 spiro atoms. The fourth-order valence-corrected chi connectivity index (χ4v) is 1.24. The van der Waals surface area contributed by atoms with Crippen molar-refractivity contribution >= 4 is 12.1 Å². The van der Waals surface area contributed by atoms with Crippen LogP contribution in [0, 0.1) is 6.92 Å². The Balaban J connectivity index is 2.41. The second-order valence-electron chi connectivity index (χ2n) is 3.83. The van der Waals surface area contributed by atoms with Gasteiger partial charge in [-0.25, -0.2) is 9.59 Å². The number of rotatable bonds is 5. The first-order chi connectivity index (χ1) is 8.52. The lowest BCUT2D eigenvalue weighted by Crippen LogP contribution is -2.45. The predicted octanol–water partition coefficient (Wildman–Crippen LogP) is 0.633. The summed E-state index contributed by atoms with van der Waals surface area (Å²) in [4.78, 5) is 21.9. The van der Waals surface area contributed by atoms with Crippen LogP contribution in [0.1, 0.15) is 11.1 Å². The Kier molecular flexibility index (Phi) is 5.13. The van der Waals surface area contributed by atoms with Crippen LogP contribution in [0.15, 0.2) is 24.3 Å². The summed E-state index contributed by atoms with van der Waals surface area (Å²) in [7, 11) is 0. The lowest BCUT2D eigenvalue weighted by Gasteiger charge is -2.12. The van der Waals surface area contributed by atoms with E-state index < -0.39 is 18.1 Å². The van der Waals surface area contributed by atoms with Crippen molar-refractivity contribution in [2.45, 2.75) is 19.6 Å². The molecule has 1 atom stereocenters. The lowest BCUT2D eigenvalue weighted by molar-refractivity contribution is -0.139. The van der Waals surface area contributed by atoms with Crippen LogP contribution in [0.4, 0.5) is 4.79 Å². The Morgan fingerprint density at radius 1 is 1.39 bits per heavy atom. The van der Waals surface area contributed by atoms with Gasteiger partial charge in [0.25, 0.3) is 0 Å². The van der Waals surface area contributed by atoms with Gasteiger partial charge in [-0.2, -0.15) is 0 Å². The summed E-state index contributed by atoms with van der Waals surface area (Å²) < 4.78 is 4.88. The summed E-state index contributed by atoms with van der Waals surface area (Å²) in [6.45, 7) is 1.86. The number of nitrogens with one attached hydrogen (secondary N) is 1. The third-order valence-corrected chi connectivity index (χ3v) is 2.32. The van der Waals surface area contributed by atoms with Crippen LogP contribution in [0.25, 0.3) is 0 Å². The van der Waals surface area contributed by atoms with Crippen LogP contribution in [-0.4, -0.2) is 29.8 Å². The van der Waals surface area contributed by atoms with Crippen LogP contribution < -0.4 is 11.1 Å². The van der Waals surface area contributed by atoms with E-state index in [9.17, 15) is 9.59 Å². The fraction of sp³-hybridized carbons (Fsp3) is 0.333. The Hall–Kier alpha value is -2.08. The van der Waals surface area contributed by atoms with Gasteiger partial charge in [-0.1, -0.05) is 29.8 Å². The summed E-state index contributed by atoms with van der Waals surface area (Å²) in [6.07, 6.45) is -0.798. The summed E-state index contributed by atoms with van der Waals surface area (Å²) >= 11 is 0. The van der Waals surface area contributed by atoms with Crippen LogP contribution >= 0.6 is 0 Å². The first kappa shape index (κ1) is 14.0. The highest BCUT2D eigenvalue weighted by molar-refractivity contribution is 5.80. The van der Waals surface area contributed by atoms with Gasteiger partial charge in [-0.15, -0.1) is 0 Å². The monoisotopic (exact) mass is 252 g/mol. The molecular formula is C12H16N2O4. The summed E-state index contributed by atoms with van der Waals surface area (Å²) in [6, 6.07) is 6.34. The number of carboxylic acids is 1. The van der Waals surface area contributed by atoms with Crippen molar-refractivity contribution in [2.24, 2.45) is 5.73 Å². The maximum absolute atomic E-state index is 11.3. The number of amides is 1. The van der Waals surface area contributed by atoms with Crippen molar-refractivity contribution in [3.63, 3.8) is 0 Å². The first-order valence-corrected chi connectivity index (χ1v) is 5.44. The molecule has 0 aliphatic heterocycles. The number of nitrogens with two attached hydrogens (primary N) is 1. The molecule has 1 aromatic rings. The van der Waals surface area contributed by atoms with Crippen LogP contribution in [0.2, 0.25) is 0 Å². The third-order valence-electron chi connectivity index (χ3n) is 2.32. The number of hydrogen-bond acceptors (Lipinski definition) is 4. The molecule has 0 radical (unpaired) electrons. The molecule has 0 heterocycles. The number of carboxylic acid groups (broad SMARTS) is 1. The molecule has 0 bridgehead atoms. The number of ether oxygens (including phenoxy) is 1. The van der Waals surface area contributed by atoms with Crippen molar-refractivity contribution in [1.29, 1.82) is 0 Å². The van der Waals surface area contributed by atoms with Crippen molar-refractivity contribution in [3.8, 4) is 0 Å². The zero-order valence-electron chi connectivity index (χ0n) is 10.1. The molecule has 4 N–H and O–H groups in total. The molecule has 0 saturated heterocycles. The molecule has 0 saturated carbocycles. The summed E-state index contributed by atoms with van der Waals surface area (Å²) in [5, 5.41) is 10.8. The van der Waals surface area contributed by atoms with Gasteiger partial charge in [0.05, 0.1) is 0 Å². The van der Waals surface area contributed by atoms with Gasteiger partial charge in [-0.05, 0) is 12.5 Å². The molecule has 0 aliphatic carbocycles. The number of carbonyl (C=O) groups excluding carboxylic acids is 1. The highest BCUT2D eigenvalue weighted by Crippen LogP contribution is 2.04. The molecule has 0 aromatic heterocycles. The van der Waals surface area contributed by atoms with Gasteiger partial charge in [0.2, 0.25) is 0 Å². The smallest absolute Gasteiger partial charge is 0.408 e. The number of carbonyl (C=O) groups is 2. The highest BCUT2D eigenvalue weighted by Gasteiger charge is 2.18. The number of benzene rings is 1. The summed E-state index contributed by atoms with van der Waals surface area (Å²) in [5.41, 5.74) is 7.13. The third kappa shape index (κ3) is 4.42. The van der Waals surface area contributed by atoms with E-state index in [2.05, 4.69) is 5.32 Å². The van der Waals surface area contributed by atoms with E-state index in [1.165, 1.54) is 0 Å².